The number of aryl methyl sites for hydroxylation is 1. The maximum absolute atomic E-state index is 8.91. The fourth-order valence-electron chi connectivity index (χ4n) is 2.09. The van der Waals surface area contributed by atoms with E-state index in [-0.39, 0.29) is 5.84 Å². The molecule has 0 atom stereocenters. The number of thiophene rings is 1. The lowest BCUT2D eigenvalue weighted by Crippen LogP contribution is -2.24. The molecule has 2 aromatic rings. The third-order valence-electron chi connectivity index (χ3n) is 3.22. The minimum Gasteiger partial charge on any atom is -0.409 e. The molecule has 0 fully saturated rings. The lowest BCUT2D eigenvalue weighted by Gasteiger charge is -2.22. The normalized spacial score (nSPS) is 11.6. The highest BCUT2D eigenvalue weighted by Gasteiger charge is 2.11. The van der Waals surface area contributed by atoms with Gasteiger partial charge >= 0.3 is 0 Å². The number of amidine groups is 1. The lowest BCUT2D eigenvalue weighted by molar-refractivity contribution is 0.318. The van der Waals surface area contributed by atoms with E-state index in [2.05, 4.69) is 27.6 Å². The molecule has 4 nitrogen and oxygen atoms in total. The van der Waals surface area contributed by atoms with Crippen LogP contribution in [0.25, 0.3) is 0 Å². The summed E-state index contributed by atoms with van der Waals surface area (Å²) in [6.07, 6.45) is 0.984. The van der Waals surface area contributed by atoms with Gasteiger partial charge in [0, 0.05) is 29.7 Å². The molecule has 1 aromatic heterocycles. The van der Waals surface area contributed by atoms with Crippen LogP contribution in [0, 0.1) is 6.92 Å². The number of hydrogen-bond acceptors (Lipinski definition) is 4. The Bertz CT molecular complexity index is 593. The van der Waals surface area contributed by atoms with Crippen LogP contribution in [0.15, 0.2) is 40.9 Å². The number of rotatable bonds is 5. The van der Waals surface area contributed by atoms with Crippen LogP contribution in [0.4, 0.5) is 5.69 Å². The van der Waals surface area contributed by atoms with Gasteiger partial charge in [0.25, 0.3) is 0 Å². The van der Waals surface area contributed by atoms with E-state index >= 15 is 0 Å². The zero-order valence-electron chi connectivity index (χ0n) is 11.7. The van der Waals surface area contributed by atoms with E-state index in [0.29, 0.717) is 0 Å². The molecule has 0 saturated carbocycles. The fraction of sp³-hybridized carbons (Fsp3) is 0.267. The number of likely N-dealkylation sites (N-methyl/N-ethyl adjacent to an activating group) is 1. The molecular weight excluding hydrogens is 270 g/mol. The van der Waals surface area contributed by atoms with Crippen molar-refractivity contribution in [3.05, 3.63) is 51.7 Å². The molecule has 0 amide bonds. The van der Waals surface area contributed by atoms with Gasteiger partial charge < -0.3 is 15.8 Å². The Kier molecular flexibility index (Phi) is 4.63. The summed E-state index contributed by atoms with van der Waals surface area (Å²) >= 11 is 1.76. The molecule has 3 N–H and O–H groups in total. The van der Waals surface area contributed by atoms with E-state index in [0.717, 1.165) is 29.8 Å². The molecule has 0 aliphatic rings. The average Bonchev–Trinajstić information content (AvgIpc) is 2.97. The second kappa shape index (κ2) is 6.43. The van der Waals surface area contributed by atoms with Crippen molar-refractivity contribution in [2.75, 3.05) is 18.5 Å². The molecule has 0 aliphatic heterocycles. The van der Waals surface area contributed by atoms with E-state index in [1.165, 1.54) is 4.88 Å². The number of anilines is 1. The first-order chi connectivity index (χ1) is 9.61. The van der Waals surface area contributed by atoms with Gasteiger partial charge in [-0.2, -0.15) is 0 Å². The van der Waals surface area contributed by atoms with E-state index in [1.807, 2.05) is 32.2 Å². The molecule has 1 aromatic carbocycles. The minimum absolute atomic E-state index is 0.145. The molecule has 0 unspecified atom stereocenters. The van der Waals surface area contributed by atoms with Gasteiger partial charge in [-0.3, -0.25) is 0 Å². The predicted molar refractivity (Wildman–Crippen MR) is 85.0 cm³/mol. The fourth-order valence-corrected chi connectivity index (χ4v) is 2.79. The van der Waals surface area contributed by atoms with Crippen LogP contribution in [0.1, 0.15) is 16.0 Å². The molecule has 0 bridgehead atoms. The Labute approximate surface area is 123 Å². The molecule has 5 heteroatoms. The third kappa shape index (κ3) is 3.30. The maximum Gasteiger partial charge on any atom is 0.172 e. The number of oxime groups is 1. The van der Waals surface area contributed by atoms with Crippen molar-refractivity contribution in [2.45, 2.75) is 13.3 Å². The van der Waals surface area contributed by atoms with Gasteiger partial charge in [0.1, 0.15) is 0 Å². The molecule has 0 saturated heterocycles. The van der Waals surface area contributed by atoms with Crippen LogP contribution in [0.3, 0.4) is 0 Å². The molecule has 0 spiro atoms. The van der Waals surface area contributed by atoms with Gasteiger partial charge in [-0.1, -0.05) is 22.9 Å². The van der Waals surface area contributed by atoms with E-state index < -0.39 is 0 Å². The molecule has 0 radical (unpaired) electrons. The van der Waals surface area contributed by atoms with Crippen LogP contribution in [-0.4, -0.2) is 24.6 Å². The summed E-state index contributed by atoms with van der Waals surface area (Å²) in [5.41, 5.74) is 8.59. The number of nitrogens with zero attached hydrogens (tertiary/aromatic N) is 2. The first-order valence-corrected chi connectivity index (χ1v) is 7.32. The predicted octanol–water partition coefficient (Wildman–Crippen LogP) is 2.83. The van der Waals surface area contributed by atoms with Crippen molar-refractivity contribution < 1.29 is 5.21 Å². The summed E-state index contributed by atoms with van der Waals surface area (Å²) < 4.78 is 0. The van der Waals surface area contributed by atoms with E-state index in [9.17, 15) is 0 Å². The summed E-state index contributed by atoms with van der Waals surface area (Å²) in [4.78, 5) is 3.49. The highest BCUT2D eigenvalue weighted by Crippen LogP contribution is 2.21. The molecule has 0 aliphatic carbocycles. The maximum atomic E-state index is 8.91. The first-order valence-electron chi connectivity index (χ1n) is 6.44. The molecule has 20 heavy (non-hydrogen) atoms. The van der Waals surface area contributed by atoms with Crippen molar-refractivity contribution in [3.63, 3.8) is 0 Å². The Morgan fingerprint density at radius 3 is 2.85 bits per heavy atom. The monoisotopic (exact) mass is 289 g/mol. The van der Waals surface area contributed by atoms with Crippen molar-refractivity contribution in [3.8, 4) is 0 Å². The topological polar surface area (TPSA) is 61.8 Å². The molecule has 1 heterocycles. The van der Waals surface area contributed by atoms with Gasteiger partial charge in [0.2, 0.25) is 0 Å². The van der Waals surface area contributed by atoms with E-state index in [4.69, 9.17) is 10.9 Å². The van der Waals surface area contributed by atoms with Crippen molar-refractivity contribution in [1.29, 1.82) is 0 Å². The highest BCUT2D eigenvalue weighted by atomic mass is 32.1. The second-order valence-electron chi connectivity index (χ2n) is 4.76. The highest BCUT2D eigenvalue weighted by molar-refractivity contribution is 7.09. The zero-order chi connectivity index (χ0) is 14.5. The smallest absolute Gasteiger partial charge is 0.172 e. The standard InChI is InChI=1S/C15H19N3OS/c1-11-5-6-14(13(10-11)15(16)17-19)18(2)8-7-12-4-3-9-20-12/h3-6,9-10,19H,7-8H2,1-2H3,(H2,16,17). The lowest BCUT2D eigenvalue weighted by atomic mass is 10.1. The van der Waals surface area contributed by atoms with Gasteiger partial charge in [-0.25, -0.2) is 0 Å². The number of benzene rings is 1. The van der Waals surface area contributed by atoms with Crippen molar-refractivity contribution in [2.24, 2.45) is 10.9 Å². The summed E-state index contributed by atoms with van der Waals surface area (Å²) in [5, 5.41) is 14.1. The minimum atomic E-state index is 0.145. The summed E-state index contributed by atoms with van der Waals surface area (Å²) in [5.74, 6) is 0.145. The van der Waals surface area contributed by atoms with Crippen LogP contribution in [0.5, 0.6) is 0 Å². The Morgan fingerprint density at radius 2 is 2.20 bits per heavy atom. The van der Waals surface area contributed by atoms with Crippen LogP contribution in [0.2, 0.25) is 0 Å². The van der Waals surface area contributed by atoms with Crippen LogP contribution >= 0.6 is 11.3 Å². The van der Waals surface area contributed by atoms with Gasteiger partial charge in [0.15, 0.2) is 5.84 Å². The van der Waals surface area contributed by atoms with E-state index in [1.54, 1.807) is 11.3 Å². The largest absolute Gasteiger partial charge is 0.409 e. The SMILES string of the molecule is Cc1ccc(N(C)CCc2cccs2)c(/C(N)=N/O)c1. The second-order valence-corrected chi connectivity index (χ2v) is 5.79. The molecular formula is C15H19N3OS. The zero-order valence-corrected chi connectivity index (χ0v) is 12.5. The number of nitrogens with two attached hydrogens (primary N) is 1. The van der Waals surface area contributed by atoms with Crippen LogP contribution < -0.4 is 10.6 Å². The van der Waals surface area contributed by atoms with Gasteiger partial charge in [-0.15, -0.1) is 11.3 Å². The Balaban J connectivity index is 2.18. The Hall–Kier alpha value is -2.01. The third-order valence-corrected chi connectivity index (χ3v) is 4.16. The molecule has 106 valence electrons. The van der Waals surface area contributed by atoms with Gasteiger partial charge in [-0.05, 0) is 36.9 Å². The van der Waals surface area contributed by atoms with Crippen molar-refractivity contribution in [1.82, 2.24) is 0 Å². The summed E-state index contributed by atoms with van der Waals surface area (Å²) in [6.45, 7) is 2.87. The summed E-state index contributed by atoms with van der Waals surface area (Å²) in [6, 6.07) is 10.2. The first kappa shape index (κ1) is 14.4. The number of hydrogen-bond donors (Lipinski definition) is 2. The Morgan fingerprint density at radius 1 is 1.40 bits per heavy atom. The van der Waals surface area contributed by atoms with Crippen molar-refractivity contribution >= 4 is 22.9 Å². The van der Waals surface area contributed by atoms with Gasteiger partial charge in [0.05, 0.1) is 0 Å². The molecule has 2 rings (SSSR count). The quantitative estimate of drug-likeness (QED) is 0.385. The summed E-state index contributed by atoms with van der Waals surface area (Å²) in [7, 11) is 2.02. The average molecular weight is 289 g/mol. The van der Waals surface area contributed by atoms with Crippen LogP contribution in [-0.2, 0) is 6.42 Å².